The first-order chi connectivity index (χ1) is 10.9. The van der Waals surface area contributed by atoms with E-state index in [0.29, 0.717) is 23.6 Å². The zero-order valence-electron chi connectivity index (χ0n) is 13.9. The summed E-state index contributed by atoms with van der Waals surface area (Å²) in [6, 6.07) is 7.12. The maximum atomic E-state index is 12.5. The minimum Gasteiger partial charge on any atom is -0.451 e. The lowest BCUT2D eigenvalue weighted by molar-refractivity contribution is 0.0226. The normalized spacial score (nSPS) is 12.2. The van der Waals surface area contributed by atoms with E-state index in [9.17, 15) is 9.59 Å². The number of ketones is 1. The molecule has 2 aromatic heterocycles. The lowest BCUT2D eigenvalue weighted by Crippen LogP contribution is -2.16. The van der Waals surface area contributed by atoms with Gasteiger partial charge >= 0.3 is 5.97 Å². The first-order valence-electron chi connectivity index (χ1n) is 7.67. The van der Waals surface area contributed by atoms with E-state index in [1.165, 1.54) is 6.92 Å². The summed E-state index contributed by atoms with van der Waals surface area (Å²) in [5, 5.41) is 0. The van der Waals surface area contributed by atoms with Crippen LogP contribution < -0.4 is 0 Å². The Labute approximate surface area is 136 Å². The van der Waals surface area contributed by atoms with E-state index >= 15 is 0 Å². The maximum absolute atomic E-state index is 12.5. The van der Waals surface area contributed by atoms with Crippen molar-refractivity contribution in [2.24, 2.45) is 13.0 Å². The van der Waals surface area contributed by atoms with Crippen LogP contribution in [0.5, 0.6) is 0 Å². The highest BCUT2D eigenvalue weighted by Crippen LogP contribution is 2.25. The summed E-state index contributed by atoms with van der Waals surface area (Å²) in [4.78, 5) is 28.2. The Morgan fingerprint density at radius 2 is 2.04 bits per heavy atom. The van der Waals surface area contributed by atoms with Gasteiger partial charge in [-0.1, -0.05) is 19.9 Å². The number of Topliss-reactive ketones (excluding diaryl/α,β-unsaturated/α-hetero) is 1. The number of aromatic nitrogens is 2. The largest absolute Gasteiger partial charge is 0.451 e. The van der Waals surface area contributed by atoms with Crippen LogP contribution in [0.4, 0.5) is 0 Å². The Morgan fingerprint density at radius 3 is 2.57 bits per heavy atom. The third-order valence-corrected chi connectivity index (χ3v) is 3.57. The van der Waals surface area contributed by atoms with Gasteiger partial charge in [0.2, 0.25) is 0 Å². The highest BCUT2D eigenvalue weighted by Gasteiger charge is 2.22. The highest BCUT2D eigenvalue weighted by atomic mass is 16.5. The fraction of sp³-hybridized carbons (Fsp3) is 0.389. The molecule has 0 amide bonds. The second-order valence-electron chi connectivity index (χ2n) is 6.06. The molecule has 0 radical (unpaired) electrons. The zero-order valence-corrected chi connectivity index (χ0v) is 13.9. The number of nitrogens with zero attached hydrogens (tertiary/aromatic N) is 2. The number of carbonyl (C=O) groups is 2. The van der Waals surface area contributed by atoms with Gasteiger partial charge < -0.3 is 9.30 Å². The van der Waals surface area contributed by atoms with Crippen molar-refractivity contribution in [2.45, 2.75) is 33.3 Å². The minimum atomic E-state index is -0.448. The van der Waals surface area contributed by atoms with Crippen LogP contribution in [0.3, 0.4) is 0 Å². The highest BCUT2D eigenvalue weighted by molar-refractivity contribution is 5.97. The first kappa shape index (κ1) is 16.9. The average Bonchev–Trinajstić information content (AvgIpc) is 2.89. The molecule has 0 aliphatic rings. The summed E-state index contributed by atoms with van der Waals surface area (Å²) < 4.78 is 7.29. The third-order valence-electron chi connectivity index (χ3n) is 3.57. The summed E-state index contributed by atoms with van der Waals surface area (Å²) in [5.41, 5.74) is 1.59. The molecule has 0 fully saturated rings. The molecule has 2 aromatic rings. The minimum absolute atomic E-state index is 0.0805. The van der Waals surface area contributed by atoms with Crippen molar-refractivity contribution >= 4 is 11.8 Å². The quantitative estimate of drug-likeness (QED) is 0.604. The van der Waals surface area contributed by atoms with Gasteiger partial charge in [-0.05, 0) is 37.5 Å². The molecular formula is C18H22N2O3. The van der Waals surface area contributed by atoms with E-state index < -0.39 is 12.1 Å². The molecule has 0 bridgehead atoms. The van der Waals surface area contributed by atoms with Crippen LogP contribution in [-0.4, -0.2) is 21.3 Å². The zero-order chi connectivity index (χ0) is 17.0. The smallest absolute Gasteiger partial charge is 0.355 e. The molecule has 0 saturated heterocycles. The summed E-state index contributed by atoms with van der Waals surface area (Å²) in [7, 11) is 1.72. The fourth-order valence-corrected chi connectivity index (χ4v) is 2.37. The van der Waals surface area contributed by atoms with Gasteiger partial charge in [-0.25, -0.2) is 4.79 Å². The summed E-state index contributed by atoms with van der Waals surface area (Å²) >= 11 is 0. The standard InChI is InChI=1S/C18H22N2O3/c1-12(2)9-17(15-7-5-6-8-19-15)23-18(22)16-10-14(13(3)21)11-20(16)4/h5-8,10-12,17H,9H2,1-4H3. The molecule has 1 unspecified atom stereocenters. The lowest BCUT2D eigenvalue weighted by atomic mass is 10.0. The fourth-order valence-electron chi connectivity index (χ4n) is 2.37. The summed E-state index contributed by atoms with van der Waals surface area (Å²) in [6.07, 6.45) is 3.61. The SMILES string of the molecule is CC(=O)c1cc(C(=O)OC(CC(C)C)c2ccccn2)n(C)c1. The second kappa shape index (κ2) is 7.22. The number of rotatable bonds is 6. The van der Waals surface area contributed by atoms with Crippen molar-refractivity contribution in [2.75, 3.05) is 0 Å². The molecule has 2 heterocycles. The van der Waals surface area contributed by atoms with Gasteiger partial charge in [0.15, 0.2) is 5.78 Å². The van der Waals surface area contributed by atoms with E-state index in [2.05, 4.69) is 18.8 Å². The molecular weight excluding hydrogens is 292 g/mol. The van der Waals surface area contributed by atoms with Crippen molar-refractivity contribution in [1.29, 1.82) is 0 Å². The summed E-state index contributed by atoms with van der Waals surface area (Å²) in [5.74, 6) is -0.171. The topological polar surface area (TPSA) is 61.2 Å². The number of esters is 1. The van der Waals surface area contributed by atoms with Crippen molar-refractivity contribution < 1.29 is 14.3 Å². The van der Waals surface area contributed by atoms with Gasteiger partial charge in [0.05, 0.1) is 5.69 Å². The van der Waals surface area contributed by atoms with Crippen molar-refractivity contribution in [3.05, 3.63) is 53.6 Å². The van der Waals surface area contributed by atoms with Crippen LogP contribution in [0.15, 0.2) is 36.7 Å². The Kier molecular flexibility index (Phi) is 5.32. The predicted molar refractivity (Wildman–Crippen MR) is 87.3 cm³/mol. The number of hydrogen-bond donors (Lipinski definition) is 0. The molecule has 2 rings (SSSR count). The van der Waals surface area contributed by atoms with Crippen LogP contribution in [0, 0.1) is 5.92 Å². The monoisotopic (exact) mass is 314 g/mol. The van der Waals surface area contributed by atoms with Crippen LogP contribution in [0.25, 0.3) is 0 Å². The molecule has 0 aliphatic heterocycles. The van der Waals surface area contributed by atoms with Crippen LogP contribution >= 0.6 is 0 Å². The predicted octanol–water partition coefficient (Wildman–Crippen LogP) is 3.57. The number of carbonyl (C=O) groups excluding carboxylic acids is 2. The van der Waals surface area contributed by atoms with E-state index in [1.54, 1.807) is 30.1 Å². The Bertz CT molecular complexity index is 690. The van der Waals surface area contributed by atoms with Crippen LogP contribution in [0.1, 0.15) is 59.8 Å². The van der Waals surface area contributed by atoms with Gasteiger partial charge in [0, 0.05) is 25.0 Å². The molecule has 0 spiro atoms. The molecule has 0 aromatic carbocycles. The number of pyridine rings is 1. The van der Waals surface area contributed by atoms with E-state index in [4.69, 9.17) is 4.74 Å². The van der Waals surface area contributed by atoms with Gasteiger partial charge in [-0.15, -0.1) is 0 Å². The molecule has 5 heteroatoms. The number of aryl methyl sites for hydroxylation is 1. The molecule has 0 aliphatic carbocycles. The van der Waals surface area contributed by atoms with Gasteiger partial charge in [-0.3, -0.25) is 9.78 Å². The first-order valence-corrected chi connectivity index (χ1v) is 7.67. The summed E-state index contributed by atoms with van der Waals surface area (Å²) in [6.45, 7) is 5.61. The van der Waals surface area contributed by atoms with Crippen molar-refractivity contribution in [3.63, 3.8) is 0 Å². The van der Waals surface area contributed by atoms with Crippen LogP contribution in [0.2, 0.25) is 0 Å². The Morgan fingerprint density at radius 1 is 1.30 bits per heavy atom. The molecule has 1 atom stereocenters. The maximum Gasteiger partial charge on any atom is 0.355 e. The lowest BCUT2D eigenvalue weighted by Gasteiger charge is -2.19. The second-order valence-corrected chi connectivity index (χ2v) is 6.06. The molecule has 23 heavy (non-hydrogen) atoms. The average molecular weight is 314 g/mol. The van der Waals surface area contributed by atoms with Gasteiger partial charge in [0.25, 0.3) is 0 Å². The van der Waals surface area contributed by atoms with Gasteiger partial charge in [0.1, 0.15) is 11.8 Å². The Balaban J connectivity index is 2.22. The number of ether oxygens (including phenoxy) is 1. The van der Waals surface area contributed by atoms with E-state index in [-0.39, 0.29) is 5.78 Å². The molecule has 122 valence electrons. The van der Waals surface area contributed by atoms with Crippen molar-refractivity contribution in [1.82, 2.24) is 9.55 Å². The Hall–Kier alpha value is -2.43. The molecule has 0 N–H and O–H groups in total. The third kappa shape index (κ3) is 4.28. The van der Waals surface area contributed by atoms with Gasteiger partial charge in [-0.2, -0.15) is 0 Å². The van der Waals surface area contributed by atoms with E-state index in [1.807, 2.05) is 18.2 Å². The van der Waals surface area contributed by atoms with Crippen LogP contribution in [-0.2, 0) is 11.8 Å². The van der Waals surface area contributed by atoms with Crippen molar-refractivity contribution in [3.8, 4) is 0 Å². The molecule has 0 saturated carbocycles. The number of hydrogen-bond acceptors (Lipinski definition) is 4. The van der Waals surface area contributed by atoms with E-state index in [0.717, 1.165) is 5.69 Å². The molecule has 5 nitrogen and oxygen atoms in total.